The third-order valence-corrected chi connectivity index (χ3v) is 6.97. The molecule has 1 aliphatic carbocycles. The predicted molar refractivity (Wildman–Crippen MR) is 134 cm³/mol. The van der Waals surface area contributed by atoms with E-state index in [1.165, 1.54) is 24.3 Å². The van der Waals surface area contributed by atoms with Crippen LogP contribution in [-0.2, 0) is 17.8 Å². The fourth-order valence-electron chi connectivity index (χ4n) is 5.62. The van der Waals surface area contributed by atoms with E-state index >= 15 is 0 Å². The minimum atomic E-state index is -4.76. The molecule has 0 spiro atoms. The van der Waals surface area contributed by atoms with Gasteiger partial charge in [0.1, 0.15) is 5.75 Å². The normalized spacial score (nSPS) is 22.2. The van der Waals surface area contributed by atoms with E-state index in [4.69, 9.17) is 10.1 Å². The molecular weight excluding hydrogens is 487 g/mol. The number of carboxylic acid groups (broad SMARTS) is 1. The van der Waals surface area contributed by atoms with Crippen molar-refractivity contribution in [2.24, 2.45) is 17.3 Å². The van der Waals surface area contributed by atoms with Crippen molar-refractivity contribution in [1.29, 1.82) is 0 Å². The number of benzene rings is 2. The van der Waals surface area contributed by atoms with Gasteiger partial charge in [-0.05, 0) is 84.9 Å². The van der Waals surface area contributed by atoms with Crippen molar-refractivity contribution < 1.29 is 32.9 Å². The number of anilines is 2. The monoisotopic (exact) mass is 519 g/mol. The van der Waals surface area contributed by atoms with Crippen LogP contribution in [0.25, 0.3) is 11.0 Å². The molecule has 0 saturated heterocycles. The highest BCUT2D eigenvalue weighted by Gasteiger charge is 2.36. The summed E-state index contributed by atoms with van der Waals surface area (Å²) in [4.78, 5) is 15.8. The van der Waals surface area contributed by atoms with Gasteiger partial charge in [-0.1, -0.05) is 19.9 Å². The summed E-state index contributed by atoms with van der Waals surface area (Å²) in [5.41, 5.74) is 2.84. The van der Waals surface area contributed by atoms with E-state index in [1.807, 2.05) is 18.2 Å². The fourth-order valence-corrected chi connectivity index (χ4v) is 5.62. The molecule has 0 radical (unpaired) electrons. The van der Waals surface area contributed by atoms with Crippen molar-refractivity contribution in [2.45, 2.75) is 58.9 Å². The van der Waals surface area contributed by atoms with Crippen LogP contribution in [-0.4, -0.2) is 38.7 Å². The SMILES string of the molecule is C[C@H]1CC(Cn2c(Nc3ccc(OC(F)(F)F)cc3)nc3cc(CCC(=O)O)ccc32)CC(C)(CO)C1. The largest absolute Gasteiger partial charge is 0.573 e. The first kappa shape index (κ1) is 26.8. The predicted octanol–water partition coefficient (Wildman–Crippen LogP) is 6.13. The fraction of sp³-hybridized carbons (Fsp3) is 0.481. The lowest BCUT2D eigenvalue weighted by Crippen LogP contribution is -2.34. The third kappa shape index (κ3) is 6.94. The summed E-state index contributed by atoms with van der Waals surface area (Å²) in [6.45, 7) is 5.09. The number of carbonyl (C=O) groups is 1. The Morgan fingerprint density at radius 3 is 2.59 bits per heavy atom. The summed E-state index contributed by atoms with van der Waals surface area (Å²) >= 11 is 0. The number of nitrogens with zero attached hydrogens (tertiary/aromatic N) is 2. The molecule has 2 aromatic carbocycles. The van der Waals surface area contributed by atoms with Gasteiger partial charge in [0.05, 0.1) is 11.0 Å². The lowest BCUT2D eigenvalue weighted by molar-refractivity contribution is -0.274. The van der Waals surface area contributed by atoms with Gasteiger partial charge in [0, 0.05) is 25.3 Å². The molecular formula is C27H32F3N3O4. The number of halogens is 3. The zero-order valence-corrected chi connectivity index (χ0v) is 20.9. The van der Waals surface area contributed by atoms with E-state index in [0.29, 0.717) is 42.0 Å². The molecule has 0 amide bonds. The number of aromatic nitrogens is 2. The molecule has 3 atom stereocenters. The van der Waals surface area contributed by atoms with Gasteiger partial charge in [-0.3, -0.25) is 4.79 Å². The highest BCUT2D eigenvalue weighted by Crippen LogP contribution is 2.43. The number of aliphatic carboxylic acids is 1. The van der Waals surface area contributed by atoms with Crippen LogP contribution in [0.1, 0.15) is 45.1 Å². The van der Waals surface area contributed by atoms with E-state index in [2.05, 4.69) is 28.5 Å². The van der Waals surface area contributed by atoms with Crippen LogP contribution in [0.3, 0.4) is 0 Å². The van der Waals surface area contributed by atoms with Crippen molar-refractivity contribution in [1.82, 2.24) is 9.55 Å². The van der Waals surface area contributed by atoms with Gasteiger partial charge >= 0.3 is 12.3 Å². The number of carboxylic acids is 1. The average molecular weight is 520 g/mol. The molecule has 3 aromatic rings. The van der Waals surface area contributed by atoms with Crippen LogP contribution < -0.4 is 10.1 Å². The second-order valence-electron chi connectivity index (χ2n) is 10.5. The van der Waals surface area contributed by atoms with Crippen LogP contribution in [0.2, 0.25) is 0 Å². The molecule has 1 saturated carbocycles. The van der Waals surface area contributed by atoms with E-state index in [0.717, 1.165) is 30.3 Å². The number of nitrogens with one attached hydrogen (secondary N) is 1. The molecule has 1 fully saturated rings. The number of hydrogen-bond acceptors (Lipinski definition) is 5. The number of alkyl halides is 3. The van der Waals surface area contributed by atoms with Gasteiger partial charge in [0.25, 0.3) is 0 Å². The maximum Gasteiger partial charge on any atom is 0.573 e. The average Bonchev–Trinajstić information content (AvgIpc) is 3.13. The maximum absolute atomic E-state index is 12.5. The van der Waals surface area contributed by atoms with Gasteiger partial charge in [-0.2, -0.15) is 0 Å². The van der Waals surface area contributed by atoms with Crippen LogP contribution >= 0.6 is 0 Å². The number of aliphatic hydroxyl groups excluding tert-OH is 1. The Morgan fingerprint density at radius 1 is 1.22 bits per heavy atom. The Labute approximate surface area is 213 Å². The molecule has 4 rings (SSSR count). The highest BCUT2D eigenvalue weighted by molar-refractivity contribution is 5.80. The van der Waals surface area contributed by atoms with Gasteiger partial charge in [0.15, 0.2) is 0 Å². The number of fused-ring (bicyclic) bond motifs is 1. The maximum atomic E-state index is 12.5. The summed E-state index contributed by atoms with van der Waals surface area (Å²) in [6, 6.07) is 11.2. The minimum absolute atomic E-state index is 0.0172. The van der Waals surface area contributed by atoms with Gasteiger partial charge < -0.3 is 24.8 Å². The second kappa shape index (κ2) is 10.6. The van der Waals surface area contributed by atoms with Crippen molar-refractivity contribution >= 4 is 28.6 Å². The smallest absolute Gasteiger partial charge is 0.481 e. The van der Waals surface area contributed by atoms with Gasteiger partial charge in [-0.15, -0.1) is 13.2 Å². The van der Waals surface area contributed by atoms with E-state index in [-0.39, 0.29) is 24.2 Å². The quantitative estimate of drug-likeness (QED) is 0.315. The number of rotatable bonds is 9. The van der Waals surface area contributed by atoms with Crippen LogP contribution in [0.4, 0.5) is 24.8 Å². The molecule has 1 aliphatic rings. The first-order valence-corrected chi connectivity index (χ1v) is 12.4. The molecule has 7 nitrogen and oxygen atoms in total. The van der Waals surface area contributed by atoms with Crippen LogP contribution in [0.5, 0.6) is 5.75 Å². The third-order valence-electron chi connectivity index (χ3n) is 6.97. The zero-order valence-electron chi connectivity index (χ0n) is 20.9. The first-order chi connectivity index (χ1) is 17.4. The standard InChI is InChI=1S/C27H32F3N3O4/c1-17-11-19(14-26(2,13-17)16-34)15-33-23-9-3-18(4-10-24(35)36)12-22(23)32-25(33)31-20-5-7-21(8-6-20)37-27(28,29)30/h3,5-9,12,17,19,34H,4,10-11,13-16H2,1-2H3,(H,31,32)(H,35,36)/t17-,19?,26?/m0/s1. The van der Waals surface area contributed by atoms with E-state index in [9.17, 15) is 23.1 Å². The lowest BCUT2D eigenvalue weighted by atomic mass is 9.67. The van der Waals surface area contributed by atoms with Crippen molar-refractivity contribution in [2.75, 3.05) is 11.9 Å². The molecule has 200 valence electrons. The number of hydrogen-bond donors (Lipinski definition) is 3. The molecule has 37 heavy (non-hydrogen) atoms. The Morgan fingerprint density at radius 2 is 1.95 bits per heavy atom. The Bertz CT molecular complexity index is 1240. The Balaban J connectivity index is 1.64. The minimum Gasteiger partial charge on any atom is -0.481 e. The molecule has 2 unspecified atom stereocenters. The molecule has 0 aliphatic heterocycles. The zero-order chi connectivity index (χ0) is 26.8. The number of aryl methyl sites for hydroxylation is 1. The number of imidazole rings is 1. The summed E-state index contributed by atoms with van der Waals surface area (Å²) in [6.07, 6.45) is -1.52. The molecule has 3 N–H and O–H groups in total. The van der Waals surface area contributed by atoms with Crippen molar-refractivity contribution in [3.05, 3.63) is 48.0 Å². The number of aliphatic hydroxyl groups is 1. The molecule has 0 bridgehead atoms. The first-order valence-electron chi connectivity index (χ1n) is 12.4. The molecule has 1 heterocycles. The highest BCUT2D eigenvalue weighted by atomic mass is 19.4. The lowest BCUT2D eigenvalue weighted by Gasteiger charge is -2.40. The summed E-state index contributed by atoms with van der Waals surface area (Å²) in [7, 11) is 0. The van der Waals surface area contributed by atoms with E-state index < -0.39 is 12.3 Å². The number of ether oxygens (including phenoxy) is 1. The Hall–Kier alpha value is -3.27. The topological polar surface area (TPSA) is 96.6 Å². The molecule has 1 aromatic heterocycles. The Kier molecular flexibility index (Phi) is 7.68. The summed E-state index contributed by atoms with van der Waals surface area (Å²) in [5, 5.41) is 22.3. The van der Waals surface area contributed by atoms with Crippen molar-refractivity contribution in [3.63, 3.8) is 0 Å². The van der Waals surface area contributed by atoms with Crippen molar-refractivity contribution in [3.8, 4) is 5.75 Å². The van der Waals surface area contributed by atoms with E-state index in [1.54, 1.807) is 0 Å². The van der Waals surface area contributed by atoms with Crippen LogP contribution in [0, 0.1) is 17.3 Å². The molecule has 10 heteroatoms. The van der Waals surface area contributed by atoms with Crippen LogP contribution in [0.15, 0.2) is 42.5 Å². The van der Waals surface area contributed by atoms with Gasteiger partial charge in [0.2, 0.25) is 5.95 Å². The summed E-state index contributed by atoms with van der Waals surface area (Å²) in [5.74, 6) is 0.121. The second-order valence-corrected chi connectivity index (χ2v) is 10.5. The summed E-state index contributed by atoms with van der Waals surface area (Å²) < 4.78 is 43.6. The van der Waals surface area contributed by atoms with Gasteiger partial charge in [-0.25, -0.2) is 4.98 Å².